The number of amides is 1. The van der Waals surface area contributed by atoms with Gasteiger partial charge >= 0.3 is 6.18 Å². The van der Waals surface area contributed by atoms with E-state index in [0.717, 1.165) is 13.1 Å². The van der Waals surface area contributed by atoms with E-state index in [2.05, 4.69) is 15.0 Å². The average Bonchev–Trinajstić information content (AvgIpc) is 2.29. The normalized spacial score (nSPS) is 17.9. The Morgan fingerprint density at radius 1 is 1.40 bits per heavy atom. The predicted molar refractivity (Wildman–Crippen MR) is 71.3 cm³/mol. The zero-order chi connectivity index (χ0) is 15.2. The van der Waals surface area contributed by atoms with E-state index in [9.17, 15) is 18.0 Å². The van der Waals surface area contributed by atoms with E-state index in [1.54, 1.807) is 0 Å². The number of hydrogen-bond acceptors (Lipinski definition) is 4. The second-order valence-corrected chi connectivity index (χ2v) is 5.22. The van der Waals surface area contributed by atoms with Gasteiger partial charge < -0.3 is 15.8 Å². The molecule has 1 aliphatic heterocycles. The number of ether oxygens (including phenoxy) is 1. The van der Waals surface area contributed by atoms with Crippen LogP contribution in [-0.2, 0) is 9.53 Å². The van der Waals surface area contributed by atoms with E-state index >= 15 is 0 Å². The Balaban J connectivity index is 2.16. The van der Waals surface area contributed by atoms with Crippen LogP contribution in [0.25, 0.3) is 0 Å². The molecule has 1 heterocycles. The first-order chi connectivity index (χ1) is 9.26. The molecule has 1 amide bonds. The van der Waals surface area contributed by atoms with Crippen molar-refractivity contribution in [1.29, 1.82) is 0 Å². The van der Waals surface area contributed by atoms with Gasteiger partial charge in [0.25, 0.3) is 0 Å². The Kier molecular flexibility index (Phi) is 6.63. The fraction of sp³-hybridized carbons (Fsp3) is 0.818. The van der Waals surface area contributed by atoms with Crippen LogP contribution in [0, 0.1) is 0 Å². The van der Waals surface area contributed by atoms with Crippen molar-refractivity contribution < 1.29 is 22.7 Å². The molecule has 0 radical (unpaired) electrons. The van der Waals surface area contributed by atoms with Gasteiger partial charge in [-0.3, -0.25) is 9.69 Å². The number of hydrogen-bond donors (Lipinski definition) is 2. The number of nitrogens with zero attached hydrogens (tertiary/aromatic N) is 1. The van der Waals surface area contributed by atoms with E-state index < -0.39 is 25.3 Å². The lowest BCUT2D eigenvalue weighted by Gasteiger charge is -2.31. The summed E-state index contributed by atoms with van der Waals surface area (Å²) in [5, 5.41) is 2.66. The highest BCUT2D eigenvalue weighted by Crippen LogP contribution is 2.14. The van der Waals surface area contributed by atoms with E-state index in [4.69, 9.17) is 18.0 Å². The highest BCUT2D eigenvalue weighted by Gasteiger charge is 2.28. The minimum atomic E-state index is -4.41. The third kappa shape index (κ3) is 7.61. The van der Waals surface area contributed by atoms with Gasteiger partial charge in [-0.25, -0.2) is 0 Å². The van der Waals surface area contributed by atoms with Crippen molar-refractivity contribution in [3.05, 3.63) is 0 Å². The molecule has 0 spiro atoms. The minimum Gasteiger partial charge on any atom is -0.392 e. The van der Waals surface area contributed by atoms with E-state index in [-0.39, 0.29) is 6.04 Å². The third-order valence-corrected chi connectivity index (χ3v) is 2.96. The summed E-state index contributed by atoms with van der Waals surface area (Å²) < 4.78 is 39.8. The maximum atomic E-state index is 11.8. The summed E-state index contributed by atoms with van der Waals surface area (Å²) in [6, 6.07) is -0.0421. The Labute approximate surface area is 120 Å². The van der Waals surface area contributed by atoms with Crippen molar-refractivity contribution in [2.45, 2.75) is 25.1 Å². The second kappa shape index (κ2) is 7.75. The molecule has 1 fully saturated rings. The van der Waals surface area contributed by atoms with Crippen molar-refractivity contribution >= 4 is 23.1 Å². The van der Waals surface area contributed by atoms with Crippen molar-refractivity contribution in [2.75, 3.05) is 32.8 Å². The van der Waals surface area contributed by atoms with Crippen LogP contribution in [0.3, 0.4) is 0 Å². The van der Waals surface area contributed by atoms with Crippen LogP contribution in [0.4, 0.5) is 13.2 Å². The molecule has 0 aromatic heterocycles. The van der Waals surface area contributed by atoms with Gasteiger partial charge in [0.1, 0.15) is 13.2 Å². The zero-order valence-electron chi connectivity index (χ0n) is 10.9. The number of nitrogens with two attached hydrogens (primary N) is 1. The monoisotopic (exact) mass is 313 g/mol. The van der Waals surface area contributed by atoms with Gasteiger partial charge in [-0.2, -0.15) is 13.2 Å². The topological polar surface area (TPSA) is 67.6 Å². The molecule has 9 heteroatoms. The van der Waals surface area contributed by atoms with E-state index in [0.29, 0.717) is 24.4 Å². The van der Waals surface area contributed by atoms with Gasteiger partial charge in [-0.05, 0) is 12.8 Å². The Morgan fingerprint density at radius 3 is 2.50 bits per heavy atom. The number of piperidine rings is 1. The van der Waals surface area contributed by atoms with Crippen molar-refractivity contribution in [1.82, 2.24) is 10.2 Å². The number of nitrogens with one attached hydrogen (secondary N) is 1. The summed E-state index contributed by atoms with van der Waals surface area (Å²) in [7, 11) is 0. The summed E-state index contributed by atoms with van der Waals surface area (Å²) in [4.78, 5) is 13.9. The lowest BCUT2D eigenvalue weighted by Crippen LogP contribution is -2.47. The van der Waals surface area contributed by atoms with Crippen molar-refractivity contribution in [3.8, 4) is 0 Å². The zero-order valence-corrected chi connectivity index (χ0v) is 11.7. The number of carbonyl (C=O) groups excluding carboxylic acids is 1. The van der Waals surface area contributed by atoms with Crippen LogP contribution in [0.5, 0.6) is 0 Å². The maximum Gasteiger partial charge on any atom is 0.411 e. The SMILES string of the molecule is NC(=S)CN1CCC(NC(=O)COCC(F)(F)F)CC1. The molecule has 5 nitrogen and oxygen atoms in total. The molecule has 0 aliphatic carbocycles. The molecule has 1 aliphatic rings. The van der Waals surface area contributed by atoms with Crippen LogP contribution in [-0.4, -0.2) is 60.9 Å². The summed E-state index contributed by atoms with van der Waals surface area (Å²) >= 11 is 4.81. The molecule has 0 bridgehead atoms. The molecular weight excluding hydrogens is 295 g/mol. The number of thiocarbonyl (C=S) groups is 1. The fourth-order valence-corrected chi connectivity index (χ4v) is 2.17. The molecular formula is C11H18F3N3O2S. The molecule has 3 N–H and O–H groups in total. The molecule has 116 valence electrons. The van der Waals surface area contributed by atoms with Crippen LogP contribution >= 0.6 is 12.2 Å². The van der Waals surface area contributed by atoms with Gasteiger partial charge in [0.15, 0.2) is 0 Å². The van der Waals surface area contributed by atoms with Gasteiger partial charge in [0.05, 0.1) is 4.99 Å². The van der Waals surface area contributed by atoms with Crippen LogP contribution in [0.2, 0.25) is 0 Å². The first kappa shape index (κ1) is 17.1. The fourth-order valence-electron chi connectivity index (χ4n) is 1.98. The molecule has 0 atom stereocenters. The molecule has 0 unspecified atom stereocenters. The van der Waals surface area contributed by atoms with Crippen LogP contribution in [0.15, 0.2) is 0 Å². The predicted octanol–water partition coefficient (Wildman–Crippen LogP) is 0.432. The van der Waals surface area contributed by atoms with Crippen molar-refractivity contribution in [2.24, 2.45) is 5.73 Å². The van der Waals surface area contributed by atoms with Crippen LogP contribution in [0.1, 0.15) is 12.8 Å². The molecule has 1 saturated heterocycles. The van der Waals surface area contributed by atoms with E-state index in [1.165, 1.54) is 0 Å². The number of carbonyl (C=O) groups is 1. The Morgan fingerprint density at radius 2 is 2.00 bits per heavy atom. The second-order valence-electron chi connectivity index (χ2n) is 4.69. The van der Waals surface area contributed by atoms with Crippen molar-refractivity contribution in [3.63, 3.8) is 0 Å². The molecule has 0 saturated carbocycles. The molecule has 0 aromatic rings. The lowest BCUT2D eigenvalue weighted by atomic mass is 10.1. The number of alkyl halides is 3. The lowest BCUT2D eigenvalue weighted by molar-refractivity contribution is -0.175. The van der Waals surface area contributed by atoms with Gasteiger partial charge in [-0.15, -0.1) is 0 Å². The standard InChI is InChI=1S/C11H18F3N3O2S/c12-11(13,14)7-19-6-10(18)16-8-1-3-17(4-2-8)5-9(15)20/h8H,1-7H2,(H2,15,20)(H,16,18). The quantitative estimate of drug-likeness (QED) is 0.696. The molecule has 1 rings (SSSR count). The van der Waals surface area contributed by atoms with Gasteiger partial charge in [0, 0.05) is 25.7 Å². The number of halogens is 3. The summed E-state index contributed by atoms with van der Waals surface area (Å²) in [6.45, 7) is 0.0432. The molecule has 20 heavy (non-hydrogen) atoms. The maximum absolute atomic E-state index is 11.8. The van der Waals surface area contributed by atoms with Gasteiger partial charge in [-0.1, -0.05) is 12.2 Å². The summed E-state index contributed by atoms with van der Waals surface area (Å²) in [6.07, 6.45) is -2.98. The largest absolute Gasteiger partial charge is 0.411 e. The summed E-state index contributed by atoms with van der Waals surface area (Å²) in [5.74, 6) is -0.526. The average molecular weight is 313 g/mol. The van der Waals surface area contributed by atoms with Crippen LogP contribution < -0.4 is 11.1 Å². The third-order valence-electron chi connectivity index (χ3n) is 2.83. The van der Waals surface area contributed by atoms with Gasteiger partial charge in [0.2, 0.25) is 5.91 Å². The smallest absolute Gasteiger partial charge is 0.392 e. The minimum absolute atomic E-state index is 0.0421. The highest BCUT2D eigenvalue weighted by atomic mass is 32.1. The molecule has 0 aromatic carbocycles. The number of likely N-dealkylation sites (tertiary alicyclic amines) is 1. The number of rotatable bonds is 6. The first-order valence-corrected chi connectivity index (χ1v) is 6.61. The summed E-state index contributed by atoms with van der Waals surface area (Å²) in [5.41, 5.74) is 5.44. The Bertz CT molecular complexity index is 344. The first-order valence-electron chi connectivity index (χ1n) is 6.21. The van der Waals surface area contributed by atoms with E-state index in [1.807, 2.05) is 0 Å². The highest BCUT2D eigenvalue weighted by molar-refractivity contribution is 7.80. The Hall–Kier alpha value is -0.930.